The predicted octanol–water partition coefficient (Wildman–Crippen LogP) is 14.6. The highest BCUT2D eigenvalue weighted by atomic mass is 16.3. The zero-order valence-electron chi connectivity index (χ0n) is 39.4. The molecule has 9 aromatic carbocycles. The van der Waals surface area contributed by atoms with Gasteiger partial charge in [-0.3, -0.25) is 0 Å². The minimum atomic E-state index is -0.168. The molecule has 0 atom stereocenters. The number of fused-ring (bicyclic) bond motifs is 9. The molecule has 0 radical (unpaired) electrons. The average molecular weight is 812 g/mol. The fraction of sp³-hybridized carbons (Fsp3) is 0. The van der Waals surface area contributed by atoms with Gasteiger partial charge in [0.2, 0.25) is 0 Å². The molecule has 0 aliphatic heterocycles. The van der Waals surface area contributed by atoms with Crippen LogP contribution >= 0.6 is 0 Å². The van der Waals surface area contributed by atoms with E-state index in [4.69, 9.17) is 27.6 Å². The van der Waals surface area contributed by atoms with Crippen LogP contribution < -0.4 is 0 Å². The Balaban J connectivity index is 1.03. The Labute approximate surface area is 370 Å². The van der Waals surface area contributed by atoms with Crippen molar-refractivity contribution in [1.82, 2.24) is 24.1 Å². The van der Waals surface area contributed by atoms with Crippen molar-refractivity contribution in [2.24, 2.45) is 0 Å². The highest BCUT2D eigenvalue weighted by molar-refractivity contribution is 6.14. The van der Waals surface area contributed by atoms with Crippen LogP contribution in [0.2, 0.25) is 0 Å². The van der Waals surface area contributed by atoms with E-state index >= 15 is 0 Å². The van der Waals surface area contributed by atoms with Gasteiger partial charge in [-0.05, 0) is 66.2 Å². The number of furan rings is 1. The van der Waals surface area contributed by atoms with Gasteiger partial charge in [0.1, 0.15) is 11.2 Å². The summed E-state index contributed by atoms with van der Waals surface area (Å²) < 4.78 is 64.1. The number of nitrogens with zero attached hydrogens (tertiary/aromatic N) is 5. The first-order chi connectivity index (χ1) is 33.7. The maximum Gasteiger partial charge on any atom is 0.164 e. The molecule has 6 nitrogen and oxygen atoms in total. The third-order valence-electron chi connectivity index (χ3n) is 11.9. The van der Waals surface area contributed by atoms with E-state index in [1.54, 1.807) is 4.57 Å². The minimum Gasteiger partial charge on any atom is -0.455 e. The molecular weight excluding hydrogens is 771 g/mol. The van der Waals surface area contributed by atoms with Crippen molar-refractivity contribution in [3.8, 4) is 56.7 Å². The molecule has 0 unspecified atom stereocenters. The van der Waals surface area contributed by atoms with E-state index in [9.17, 15) is 0 Å². The minimum absolute atomic E-state index is 0.0271. The molecule has 294 valence electrons. The fourth-order valence-electron chi connectivity index (χ4n) is 9.05. The van der Waals surface area contributed by atoms with E-state index in [0.717, 1.165) is 60.5 Å². The van der Waals surface area contributed by atoms with E-state index in [2.05, 4.69) is 59.2 Å². The molecule has 4 heterocycles. The Morgan fingerprint density at radius 3 is 1.62 bits per heavy atom. The summed E-state index contributed by atoms with van der Waals surface area (Å²) >= 11 is 0. The molecule has 13 aromatic rings. The van der Waals surface area contributed by atoms with Crippen LogP contribution in [-0.4, -0.2) is 24.1 Å². The summed E-state index contributed by atoms with van der Waals surface area (Å²) in [5, 5.41) is 4.22. The van der Waals surface area contributed by atoms with Crippen LogP contribution in [0.3, 0.4) is 0 Å². The molecule has 0 bridgehead atoms. The van der Waals surface area contributed by atoms with Gasteiger partial charge in [0.15, 0.2) is 17.5 Å². The average Bonchev–Trinajstić information content (AvgIpc) is 4.06. The summed E-state index contributed by atoms with van der Waals surface area (Å²) in [5.41, 5.74) is 9.52. The quantitative estimate of drug-likeness (QED) is 0.168. The maximum atomic E-state index is 9.12. The molecule has 13 rings (SSSR count). The molecule has 0 saturated carbocycles. The molecule has 0 aliphatic rings. The summed E-state index contributed by atoms with van der Waals surface area (Å²) in [6.07, 6.45) is 0. The Hall–Kier alpha value is -8.61. The number of hydrogen-bond acceptors (Lipinski definition) is 4. The van der Waals surface area contributed by atoms with Crippen molar-refractivity contribution < 1.29 is 12.6 Å². The Kier molecular flexibility index (Phi) is 6.56. The Bertz CT molecular complexity index is 4190. The first-order valence-corrected chi connectivity index (χ1v) is 20.7. The van der Waals surface area contributed by atoms with E-state index in [0.29, 0.717) is 39.9 Å². The molecule has 0 fully saturated rings. The van der Waals surface area contributed by atoms with Crippen LogP contribution in [-0.2, 0) is 0 Å². The van der Waals surface area contributed by atoms with Crippen LogP contribution in [0, 0.1) is 0 Å². The summed E-state index contributed by atoms with van der Waals surface area (Å²) in [4.78, 5) is 15.3. The van der Waals surface area contributed by atoms with Crippen molar-refractivity contribution in [1.29, 1.82) is 0 Å². The fourth-order valence-corrected chi connectivity index (χ4v) is 9.05. The van der Waals surface area contributed by atoms with Gasteiger partial charge < -0.3 is 13.6 Å². The standard InChI is InChI=1S/C57H35N5O/c1-4-16-36(17-5-1)47-34-41(62-50-26-14-10-22-42(50)43-23-11-15-27-51(43)62)35-48-46-31-29-39(33-53(46)63-54(47)48)57-59-55(37-18-6-2-7-19-37)58-56(60-57)38-28-30-45-44-24-12-13-25-49(44)61(52(45)32-38)40-20-8-3-9-21-40/h1-35H/i10D,11D,22D,23D,26D,27D. The molecule has 6 heteroatoms. The van der Waals surface area contributed by atoms with Crippen LogP contribution in [0.25, 0.3) is 122 Å². The second-order valence-electron chi connectivity index (χ2n) is 15.5. The van der Waals surface area contributed by atoms with Gasteiger partial charge in [-0.1, -0.05) is 152 Å². The molecule has 0 amide bonds. The first kappa shape index (κ1) is 29.6. The highest BCUT2D eigenvalue weighted by Gasteiger charge is 2.21. The van der Waals surface area contributed by atoms with Crippen LogP contribution in [0.1, 0.15) is 8.22 Å². The number of aromatic nitrogens is 5. The summed E-state index contributed by atoms with van der Waals surface area (Å²) in [6, 6.07) is 56.5. The molecule has 0 N–H and O–H groups in total. The van der Waals surface area contributed by atoms with Gasteiger partial charge in [-0.2, -0.15) is 0 Å². The second kappa shape index (κ2) is 14.0. The second-order valence-corrected chi connectivity index (χ2v) is 15.5. The highest BCUT2D eigenvalue weighted by Crippen LogP contribution is 2.42. The van der Waals surface area contributed by atoms with Gasteiger partial charge in [-0.25, -0.2) is 15.0 Å². The van der Waals surface area contributed by atoms with Gasteiger partial charge >= 0.3 is 0 Å². The topological polar surface area (TPSA) is 61.7 Å². The molecule has 0 spiro atoms. The lowest BCUT2D eigenvalue weighted by molar-refractivity contribution is 0.670. The predicted molar refractivity (Wildman–Crippen MR) is 258 cm³/mol. The normalized spacial score (nSPS) is 13.1. The third-order valence-corrected chi connectivity index (χ3v) is 11.9. The van der Waals surface area contributed by atoms with Gasteiger partial charge in [0, 0.05) is 65.9 Å². The summed E-state index contributed by atoms with van der Waals surface area (Å²) in [5.74, 6) is 1.50. The lowest BCUT2D eigenvalue weighted by atomic mass is 10.0. The van der Waals surface area contributed by atoms with Crippen molar-refractivity contribution in [2.75, 3.05) is 0 Å². The van der Waals surface area contributed by atoms with Crippen molar-refractivity contribution in [3.05, 3.63) is 212 Å². The zero-order valence-corrected chi connectivity index (χ0v) is 33.4. The number of para-hydroxylation sites is 4. The lowest BCUT2D eigenvalue weighted by Gasteiger charge is -2.11. The zero-order chi connectivity index (χ0) is 46.7. The molecule has 4 aromatic heterocycles. The number of rotatable bonds is 6. The number of benzene rings is 9. The van der Waals surface area contributed by atoms with Gasteiger partial charge in [0.05, 0.1) is 30.3 Å². The van der Waals surface area contributed by atoms with E-state index in [1.807, 2.05) is 109 Å². The van der Waals surface area contributed by atoms with E-state index in [-0.39, 0.29) is 58.1 Å². The van der Waals surface area contributed by atoms with Gasteiger partial charge in [-0.15, -0.1) is 0 Å². The van der Waals surface area contributed by atoms with Crippen molar-refractivity contribution in [2.45, 2.75) is 0 Å². The first-order valence-electron chi connectivity index (χ1n) is 23.7. The maximum absolute atomic E-state index is 9.12. The largest absolute Gasteiger partial charge is 0.455 e. The van der Waals surface area contributed by atoms with Crippen molar-refractivity contribution in [3.63, 3.8) is 0 Å². The lowest BCUT2D eigenvalue weighted by Crippen LogP contribution is -2.00. The van der Waals surface area contributed by atoms with Crippen LogP contribution in [0.15, 0.2) is 217 Å². The Morgan fingerprint density at radius 1 is 0.365 bits per heavy atom. The summed E-state index contributed by atoms with van der Waals surface area (Å²) in [6.45, 7) is 0. The summed E-state index contributed by atoms with van der Waals surface area (Å²) in [7, 11) is 0. The molecule has 0 saturated heterocycles. The number of hydrogen-bond donors (Lipinski definition) is 0. The van der Waals surface area contributed by atoms with Gasteiger partial charge in [0.25, 0.3) is 0 Å². The van der Waals surface area contributed by atoms with Crippen LogP contribution in [0.5, 0.6) is 0 Å². The SMILES string of the molecule is [2H]c1cc([2H])c2c(c1[2H])c1c([2H])c([2H])cc([2H])c1n2-c1cc(-c2ccccc2)c2oc3cc(-c4nc(-c5ccccc5)nc(-c5ccc6c7ccccc7n(-c7ccccc7)c6c5)n4)ccc3c2c1. The van der Waals surface area contributed by atoms with E-state index < -0.39 is 0 Å². The Morgan fingerprint density at radius 2 is 0.921 bits per heavy atom. The van der Waals surface area contributed by atoms with Crippen molar-refractivity contribution >= 4 is 65.6 Å². The van der Waals surface area contributed by atoms with E-state index in [1.165, 1.54) is 12.1 Å². The molecule has 63 heavy (non-hydrogen) atoms. The van der Waals surface area contributed by atoms with Crippen LogP contribution in [0.4, 0.5) is 0 Å². The molecule has 0 aliphatic carbocycles. The third kappa shape index (κ3) is 5.62. The smallest absolute Gasteiger partial charge is 0.164 e. The monoisotopic (exact) mass is 811 g/mol. The molecular formula is C57H35N5O.